The number of aliphatic imine (C=N–C) groups is 1. The first-order chi connectivity index (χ1) is 4.84. The average Bonchev–Trinajstić information content (AvgIpc) is 2.05. The van der Waals surface area contributed by atoms with E-state index in [2.05, 4.69) is 31.0 Å². The summed E-state index contributed by atoms with van der Waals surface area (Å²) in [4.78, 5) is 4.12. The summed E-state index contributed by atoms with van der Waals surface area (Å²) in [5.41, 5.74) is 2.81. The van der Waals surface area contributed by atoms with Gasteiger partial charge < -0.3 is 0 Å². The SMILES string of the molecule is C/C=C(\C)C1=CC=NCC1. The van der Waals surface area contributed by atoms with E-state index >= 15 is 0 Å². The first-order valence-corrected chi connectivity index (χ1v) is 3.67. The molecule has 54 valence electrons. The lowest BCUT2D eigenvalue weighted by Crippen LogP contribution is -1.95. The molecule has 0 bridgehead atoms. The average molecular weight is 135 g/mol. The summed E-state index contributed by atoms with van der Waals surface area (Å²) in [5, 5.41) is 0. The van der Waals surface area contributed by atoms with Gasteiger partial charge >= 0.3 is 0 Å². The molecule has 1 nitrogen and oxygen atoms in total. The maximum absolute atomic E-state index is 4.12. The molecule has 0 saturated heterocycles. The molecule has 1 aliphatic heterocycles. The van der Waals surface area contributed by atoms with Crippen LogP contribution < -0.4 is 0 Å². The standard InChI is InChI=1S/C9H13N/c1-3-8(2)9-4-6-10-7-5-9/h3-4,6H,5,7H2,1-2H3/b8-3+. The molecular weight excluding hydrogens is 122 g/mol. The van der Waals surface area contributed by atoms with E-state index < -0.39 is 0 Å². The van der Waals surface area contributed by atoms with Gasteiger partial charge in [-0.1, -0.05) is 11.6 Å². The van der Waals surface area contributed by atoms with E-state index in [4.69, 9.17) is 0 Å². The minimum Gasteiger partial charge on any atom is -0.293 e. The minimum atomic E-state index is 0.955. The van der Waals surface area contributed by atoms with E-state index in [9.17, 15) is 0 Å². The Hall–Kier alpha value is -0.850. The van der Waals surface area contributed by atoms with Gasteiger partial charge in [-0.25, -0.2) is 0 Å². The molecule has 0 aliphatic carbocycles. The summed E-state index contributed by atoms with van der Waals surface area (Å²) >= 11 is 0. The van der Waals surface area contributed by atoms with Crippen molar-refractivity contribution < 1.29 is 0 Å². The summed E-state index contributed by atoms with van der Waals surface area (Å²) in [7, 11) is 0. The molecule has 0 aromatic heterocycles. The smallest absolute Gasteiger partial charge is 0.0429 e. The van der Waals surface area contributed by atoms with Crippen LogP contribution in [0.3, 0.4) is 0 Å². The van der Waals surface area contributed by atoms with Crippen LogP contribution in [0.25, 0.3) is 0 Å². The van der Waals surface area contributed by atoms with Gasteiger partial charge in [-0.05, 0) is 31.9 Å². The summed E-state index contributed by atoms with van der Waals surface area (Å²) in [6.45, 7) is 5.17. The fourth-order valence-corrected chi connectivity index (χ4v) is 1.000. The van der Waals surface area contributed by atoms with Gasteiger partial charge in [0.25, 0.3) is 0 Å². The van der Waals surface area contributed by atoms with Crippen molar-refractivity contribution in [1.82, 2.24) is 0 Å². The lowest BCUT2D eigenvalue weighted by atomic mass is 10.0. The molecule has 0 saturated carbocycles. The Labute approximate surface area is 62.2 Å². The monoisotopic (exact) mass is 135 g/mol. The zero-order valence-electron chi connectivity index (χ0n) is 6.59. The molecule has 0 aromatic carbocycles. The summed E-state index contributed by atoms with van der Waals surface area (Å²) in [6, 6.07) is 0. The molecule has 0 fully saturated rings. The van der Waals surface area contributed by atoms with Crippen molar-refractivity contribution in [1.29, 1.82) is 0 Å². The van der Waals surface area contributed by atoms with E-state index in [1.165, 1.54) is 11.1 Å². The van der Waals surface area contributed by atoms with Crippen LogP contribution in [0.2, 0.25) is 0 Å². The second-order valence-electron chi connectivity index (χ2n) is 2.47. The van der Waals surface area contributed by atoms with Crippen LogP contribution in [0.1, 0.15) is 20.3 Å². The van der Waals surface area contributed by atoms with Crippen LogP contribution in [0.5, 0.6) is 0 Å². The largest absolute Gasteiger partial charge is 0.293 e. The van der Waals surface area contributed by atoms with E-state index in [-0.39, 0.29) is 0 Å². The first kappa shape index (κ1) is 7.26. The Kier molecular flexibility index (Phi) is 2.43. The Balaban J connectivity index is 2.72. The summed E-state index contributed by atoms with van der Waals surface area (Å²) in [5.74, 6) is 0. The number of rotatable bonds is 1. The third-order valence-corrected chi connectivity index (χ3v) is 1.83. The normalized spacial score (nSPS) is 19.0. The molecule has 1 heteroatoms. The highest BCUT2D eigenvalue weighted by Gasteiger charge is 1.99. The van der Waals surface area contributed by atoms with Crippen LogP contribution in [-0.2, 0) is 0 Å². The van der Waals surface area contributed by atoms with Crippen LogP contribution in [0.15, 0.2) is 28.3 Å². The van der Waals surface area contributed by atoms with E-state index in [1.54, 1.807) is 0 Å². The highest BCUT2D eigenvalue weighted by Crippen LogP contribution is 2.14. The van der Waals surface area contributed by atoms with Gasteiger partial charge in [0.05, 0.1) is 0 Å². The van der Waals surface area contributed by atoms with Gasteiger partial charge in [0.15, 0.2) is 0 Å². The van der Waals surface area contributed by atoms with Crippen molar-refractivity contribution in [2.75, 3.05) is 6.54 Å². The van der Waals surface area contributed by atoms with Crippen LogP contribution in [0, 0.1) is 0 Å². The summed E-state index contributed by atoms with van der Waals surface area (Å²) < 4.78 is 0. The van der Waals surface area contributed by atoms with Crippen molar-refractivity contribution in [3.8, 4) is 0 Å². The van der Waals surface area contributed by atoms with E-state index in [0.717, 1.165) is 13.0 Å². The molecule has 1 heterocycles. The quantitative estimate of drug-likeness (QED) is 0.523. The maximum Gasteiger partial charge on any atom is 0.0429 e. The lowest BCUT2D eigenvalue weighted by molar-refractivity contribution is 0.947. The predicted octanol–water partition coefficient (Wildman–Crippen LogP) is 2.35. The van der Waals surface area contributed by atoms with Crippen LogP contribution in [0.4, 0.5) is 0 Å². The van der Waals surface area contributed by atoms with Crippen LogP contribution in [-0.4, -0.2) is 12.8 Å². The second-order valence-corrected chi connectivity index (χ2v) is 2.47. The molecule has 0 aromatic rings. The minimum absolute atomic E-state index is 0.955. The molecular formula is C9H13N. The number of nitrogens with zero attached hydrogens (tertiary/aromatic N) is 1. The molecule has 0 spiro atoms. The fourth-order valence-electron chi connectivity index (χ4n) is 1.000. The predicted molar refractivity (Wildman–Crippen MR) is 45.5 cm³/mol. The molecule has 1 aliphatic rings. The molecule has 1 rings (SSSR count). The lowest BCUT2D eigenvalue weighted by Gasteiger charge is -2.07. The maximum atomic E-state index is 4.12. The molecule has 0 radical (unpaired) electrons. The van der Waals surface area contributed by atoms with E-state index in [1.807, 2.05) is 6.21 Å². The van der Waals surface area contributed by atoms with Gasteiger partial charge in [0.1, 0.15) is 0 Å². The van der Waals surface area contributed by atoms with Gasteiger partial charge in [-0.3, -0.25) is 4.99 Å². The topological polar surface area (TPSA) is 12.4 Å². The van der Waals surface area contributed by atoms with Crippen LogP contribution >= 0.6 is 0 Å². The van der Waals surface area contributed by atoms with Crippen molar-refractivity contribution in [2.45, 2.75) is 20.3 Å². The number of hydrogen-bond donors (Lipinski definition) is 0. The molecule has 10 heavy (non-hydrogen) atoms. The number of allylic oxidation sites excluding steroid dienone is 3. The Morgan fingerprint density at radius 2 is 2.50 bits per heavy atom. The fraction of sp³-hybridized carbons (Fsp3) is 0.444. The number of dihydropyridines is 1. The Morgan fingerprint density at radius 1 is 1.70 bits per heavy atom. The van der Waals surface area contributed by atoms with Crippen molar-refractivity contribution in [3.05, 3.63) is 23.3 Å². The summed E-state index contributed by atoms with van der Waals surface area (Å²) in [6.07, 6.45) is 7.24. The third kappa shape index (κ3) is 1.56. The zero-order valence-corrected chi connectivity index (χ0v) is 6.59. The van der Waals surface area contributed by atoms with E-state index in [0.29, 0.717) is 0 Å². The Morgan fingerprint density at radius 3 is 3.00 bits per heavy atom. The highest BCUT2D eigenvalue weighted by molar-refractivity contribution is 5.74. The first-order valence-electron chi connectivity index (χ1n) is 3.67. The highest BCUT2D eigenvalue weighted by atomic mass is 14.7. The zero-order chi connectivity index (χ0) is 7.40. The van der Waals surface area contributed by atoms with Crippen molar-refractivity contribution in [3.63, 3.8) is 0 Å². The van der Waals surface area contributed by atoms with Gasteiger partial charge in [-0.2, -0.15) is 0 Å². The molecule has 0 N–H and O–H groups in total. The molecule has 0 atom stereocenters. The second kappa shape index (κ2) is 3.35. The Bertz CT molecular complexity index is 197. The molecule has 0 amide bonds. The van der Waals surface area contributed by atoms with Crippen molar-refractivity contribution >= 4 is 6.21 Å². The van der Waals surface area contributed by atoms with Gasteiger partial charge in [0.2, 0.25) is 0 Å². The van der Waals surface area contributed by atoms with Crippen molar-refractivity contribution in [2.24, 2.45) is 4.99 Å². The van der Waals surface area contributed by atoms with Gasteiger partial charge in [0, 0.05) is 12.8 Å². The molecule has 0 unspecified atom stereocenters. The third-order valence-electron chi connectivity index (χ3n) is 1.83. The number of hydrogen-bond acceptors (Lipinski definition) is 1. The van der Waals surface area contributed by atoms with Gasteiger partial charge in [-0.15, -0.1) is 0 Å².